The highest BCUT2D eigenvalue weighted by Crippen LogP contribution is 2.50. The molecule has 6 heteroatoms. The largest absolute Gasteiger partial charge is 0.496 e. The maximum Gasteiger partial charge on any atom is 0.208 e. The van der Waals surface area contributed by atoms with Gasteiger partial charge in [0.15, 0.2) is 0 Å². The molecular weight excluding hydrogens is 324 g/mol. The van der Waals surface area contributed by atoms with E-state index in [4.69, 9.17) is 23.4 Å². The number of hydrogen-bond donors (Lipinski definition) is 0. The summed E-state index contributed by atoms with van der Waals surface area (Å²) in [5.74, 6) is 1.63. The molecule has 2 atom stereocenters. The minimum atomic E-state index is -0.323. The van der Waals surface area contributed by atoms with Crippen LogP contribution in [0.4, 0.5) is 0 Å². The fraction of sp³-hybridized carbons (Fsp3) is 0.316. The quantitative estimate of drug-likeness (QED) is 0.668. The van der Waals surface area contributed by atoms with Crippen LogP contribution in [0.25, 0.3) is 21.9 Å². The van der Waals surface area contributed by atoms with Gasteiger partial charge in [-0.05, 0) is 18.6 Å². The Morgan fingerprint density at radius 2 is 1.96 bits per heavy atom. The highest BCUT2D eigenvalue weighted by Gasteiger charge is 2.42. The molecule has 3 heterocycles. The van der Waals surface area contributed by atoms with Crippen LogP contribution in [0.2, 0.25) is 0 Å². The molecule has 1 fully saturated rings. The summed E-state index contributed by atoms with van der Waals surface area (Å²) < 4.78 is 28.5. The molecule has 1 saturated heterocycles. The molecule has 3 aromatic rings. The van der Waals surface area contributed by atoms with Crippen molar-refractivity contribution in [2.75, 3.05) is 20.8 Å². The Bertz CT molecular complexity index is 1070. The smallest absolute Gasteiger partial charge is 0.208 e. The van der Waals surface area contributed by atoms with E-state index in [9.17, 15) is 4.79 Å². The molecule has 6 nitrogen and oxygen atoms in total. The third-order valence-electron chi connectivity index (χ3n) is 4.99. The Kier molecular flexibility index (Phi) is 3.00. The third kappa shape index (κ3) is 1.85. The number of methoxy groups -OCH3 is 2. The van der Waals surface area contributed by atoms with Gasteiger partial charge in [-0.25, -0.2) is 0 Å². The Hall–Kier alpha value is -2.73. The SMILES string of the molecule is COc1cccc2oc3c4c(cc(OC)c3c(=O)c12)O[C@H]1OCC[C@@H]41. The summed E-state index contributed by atoms with van der Waals surface area (Å²) in [6.07, 6.45) is 0.510. The molecular formula is C19H16O6. The molecule has 128 valence electrons. The molecule has 2 aliphatic rings. The van der Waals surface area contributed by atoms with Crippen molar-refractivity contribution in [2.24, 2.45) is 0 Å². The highest BCUT2D eigenvalue weighted by molar-refractivity contribution is 5.98. The van der Waals surface area contributed by atoms with E-state index < -0.39 is 0 Å². The van der Waals surface area contributed by atoms with Crippen LogP contribution in [0, 0.1) is 0 Å². The standard InChI is InChI=1S/C19H16O6/c1-21-10-4-3-5-11-15(10)17(20)16-12(22-2)8-13-14(18(16)24-11)9-6-7-23-19(9)25-13/h3-5,8-9,19H,6-7H2,1-2H3/t9-,19+/m0/s1. The number of benzene rings is 2. The molecule has 5 rings (SSSR count). The normalized spacial score (nSPS) is 21.2. The first-order valence-corrected chi connectivity index (χ1v) is 8.15. The Labute approximate surface area is 142 Å². The molecule has 0 saturated carbocycles. The van der Waals surface area contributed by atoms with Gasteiger partial charge in [-0.1, -0.05) is 6.07 Å². The molecule has 0 N–H and O–H groups in total. The summed E-state index contributed by atoms with van der Waals surface area (Å²) in [5, 5.41) is 0.822. The number of fused-ring (bicyclic) bond motifs is 6. The molecule has 0 aliphatic carbocycles. The van der Waals surface area contributed by atoms with Crippen molar-refractivity contribution >= 4 is 21.9 Å². The van der Waals surface area contributed by atoms with Crippen molar-refractivity contribution in [3.63, 3.8) is 0 Å². The minimum Gasteiger partial charge on any atom is -0.496 e. The first kappa shape index (κ1) is 14.6. The van der Waals surface area contributed by atoms with Crippen LogP contribution in [0.5, 0.6) is 17.2 Å². The first-order valence-electron chi connectivity index (χ1n) is 8.15. The van der Waals surface area contributed by atoms with E-state index in [0.29, 0.717) is 45.8 Å². The lowest BCUT2D eigenvalue weighted by Gasteiger charge is -2.12. The van der Waals surface area contributed by atoms with Crippen LogP contribution < -0.4 is 19.6 Å². The van der Waals surface area contributed by atoms with Gasteiger partial charge in [0.1, 0.15) is 39.2 Å². The molecule has 0 amide bonds. The zero-order valence-corrected chi connectivity index (χ0v) is 13.8. The Morgan fingerprint density at radius 1 is 1.12 bits per heavy atom. The van der Waals surface area contributed by atoms with E-state index in [1.807, 2.05) is 0 Å². The van der Waals surface area contributed by atoms with E-state index in [1.165, 1.54) is 14.2 Å². The summed E-state index contributed by atoms with van der Waals surface area (Å²) in [4.78, 5) is 13.2. The van der Waals surface area contributed by atoms with Gasteiger partial charge in [0, 0.05) is 11.6 Å². The van der Waals surface area contributed by atoms with E-state index in [-0.39, 0.29) is 17.6 Å². The summed E-state index contributed by atoms with van der Waals surface area (Å²) in [6, 6.07) is 7.06. The zero-order valence-electron chi connectivity index (χ0n) is 13.8. The van der Waals surface area contributed by atoms with Gasteiger partial charge in [0.25, 0.3) is 0 Å². The predicted molar refractivity (Wildman–Crippen MR) is 90.8 cm³/mol. The van der Waals surface area contributed by atoms with Crippen molar-refractivity contribution in [1.29, 1.82) is 0 Å². The van der Waals surface area contributed by atoms with E-state index >= 15 is 0 Å². The maximum absolute atomic E-state index is 13.2. The number of ether oxygens (including phenoxy) is 4. The summed E-state index contributed by atoms with van der Waals surface area (Å²) in [7, 11) is 3.06. The zero-order chi connectivity index (χ0) is 17.1. The van der Waals surface area contributed by atoms with Gasteiger partial charge >= 0.3 is 0 Å². The second kappa shape index (κ2) is 5.13. The predicted octanol–water partition coefficient (Wildman–Crippen LogP) is 3.19. The number of hydrogen-bond acceptors (Lipinski definition) is 6. The third-order valence-corrected chi connectivity index (χ3v) is 4.99. The monoisotopic (exact) mass is 340 g/mol. The van der Waals surface area contributed by atoms with Crippen molar-refractivity contribution in [2.45, 2.75) is 18.6 Å². The minimum absolute atomic E-state index is 0.0645. The van der Waals surface area contributed by atoms with Crippen LogP contribution in [-0.4, -0.2) is 27.1 Å². The lowest BCUT2D eigenvalue weighted by Crippen LogP contribution is -2.13. The topological polar surface area (TPSA) is 67.1 Å². The van der Waals surface area contributed by atoms with E-state index in [1.54, 1.807) is 24.3 Å². The summed E-state index contributed by atoms with van der Waals surface area (Å²) >= 11 is 0. The molecule has 0 spiro atoms. The van der Waals surface area contributed by atoms with Crippen molar-refractivity contribution in [3.8, 4) is 17.2 Å². The van der Waals surface area contributed by atoms with Crippen molar-refractivity contribution in [3.05, 3.63) is 40.1 Å². The van der Waals surface area contributed by atoms with E-state index in [0.717, 1.165) is 12.0 Å². The molecule has 25 heavy (non-hydrogen) atoms. The first-order chi connectivity index (χ1) is 12.2. The van der Waals surface area contributed by atoms with E-state index in [2.05, 4.69) is 0 Å². The molecule has 2 aromatic carbocycles. The molecule has 2 aliphatic heterocycles. The van der Waals surface area contributed by atoms with Gasteiger partial charge in [-0.15, -0.1) is 0 Å². The van der Waals surface area contributed by atoms with Gasteiger partial charge in [-0.3, -0.25) is 4.79 Å². The van der Waals surface area contributed by atoms with Crippen LogP contribution in [0.1, 0.15) is 17.9 Å². The van der Waals surface area contributed by atoms with Crippen molar-refractivity contribution < 1.29 is 23.4 Å². The fourth-order valence-corrected chi connectivity index (χ4v) is 3.87. The molecule has 0 radical (unpaired) electrons. The van der Waals surface area contributed by atoms with Gasteiger partial charge in [-0.2, -0.15) is 0 Å². The summed E-state index contributed by atoms with van der Waals surface area (Å²) in [6.45, 7) is 0.633. The molecule has 0 unspecified atom stereocenters. The van der Waals surface area contributed by atoms with Crippen LogP contribution in [-0.2, 0) is 4.74 Å². The second-order valence-electron chi connectivity index (χ2n) is 6.21. The second-order valence-corrected chi connectivity index (χ2v) is 6.21. The van der Waals surface area contributed by atoms with Crippen molar-refractivity contribution in [1.82, 2.24) is 0 Å². The fourth-order valence-electron chi connectivity index (χ4n) is 3.87. The molecule has 1 aromatic heterocycles. The number of rotatable bonds is 2. The van der Waals surface area contributed by atoms with Crippen LogP contribution >= 0.6 is 0 Å². The maximum atomic E-state index is 13.2. The Morgan fingerprint density at radius 3 is 2.76 bits per heavy atom. The average Bonchev–Trinajstić information content (AvgIpc) is 3.20. The van der Waals surface area contributed by atoms with Gasteiger partial charge < -0.3 is 23.4 Å². The average molecular weight is 340 g/mol. The van der Waals surface area contributed by atoms with Crippen LogP contribution in [0.3, 0.4) is 0 Å². The van der Waals surface area contributed by atoms with Gasteiger partial charge in [0.05, 0.1) is 26.7 Å². The van der Waals surface area contributed by atoms with Crippen LogP contribution in [0.15, 0.2) is 33.5 Å². The summed E-state index contributed by atoms with van der Waals surface area (Å²) in [5.41, 5.74) is 1.71. The molecule has 0 bridgehead atoms. The Balaban J connectivity index is 1.96. The van der Waals surface area contributed by atoms with Gasteiger partial charge in [0.2, 0.25) is 11.7 Å². The highest BCUT2D eigenvalue weighted by atomic mass is 16.7. The lowest BCUT2D eigenvalue weighted by atomic mass is 9.95. The lowest BCUT2D eigenvalue weighted by molar-refractivity contribution is -0.0337.